The van der Waals surface area contributed by atoms with Gasteiger partial charge in [0.2, 0.25) is 0 Å². The van der Waals surface area contributed by atoms with Gasteiger partial charge in [0, 0.05) is 17.8 Å². The molecule has 5 nitrogen and oxygen atoms in total. The van der Waals surface area contributed by atoms with Crippen LogP contribution in [-0.4, -0.2) is 48.2 Å². The summed E-state index contributed by atoms with van der Waals surface area (Å²) in [6, 6.07) is 3.50. The molecular weight excluding hydrogens is 302 g/mol. The van der Waals surface area contributed by atoms with Crippen molar-refractivity contribution < 1.29 is 19.1 Å². The second-order valence-electron chi connectivity index (χ2n) is 6.44. The van der Waals surface area contributed by atoms with Gasteiger partial charge in [0.25, 0.3) is 0 Å². The monoisotopic (exact) mass is 325 g/mol. The van der Waals surface area contributed by atoms with Crippen LogP contribution < -0.4 is 0 Å². The van der Waals surface area contributed by atoms with Crippen molar-refractivity contribution in [2.45, 2.75) is 45.8 Å². The highest BCUT2D eigenvalue weighted by Crippen LogP contribution is 2.21. The van der Waals surface area contributed by atoms with Crippen molar-refractivity contribution in [2.24, 2.45) is 0 Å². The smallest absolute Gasteiger partial charge is 0.410 e. The third-order valence-electron chi connectivity index (χ3n) is 3.29. The number of morpholine rings is 1. The van der Waals surface area contributed by atoms with Crippen molar-refractivity contribution in [1.29, 1.82) is 0 Å². The maximum absolute atomic E-state index is 12.4. The molecule has 2 heterocycles. The van der Waals surface area contributed by atoms with E-state index in [-0.39, 0.29) is 24.3 Å². The number of rotatable bonds is 3. The summed E-state index contributed by atoms with van der Waals surface area (Å²) in [4.78, 5) is 28.1. The highest BCUT2D eigenvalue weighted by atomic mass is 32.1. The molecule has 122 valence electrons. The summed E-state index contributed by atoms with van der Waals surface area (Å²) in [5.41, 5.74) is -0.547. The standard InChI is InChI=1S/C16H23NO4S/c1-11-5-6-14(22-11)13(18)9-12-10-20-8-7-17(12)15(19)21-16(2,3)4/h5-6,12H,7-10H2,1-4H3. The van der Waals surface area contributed by atoms with E-state index in [1.807, 2.05) is 39.8 Å². The molecule has 1 unspecified atom stereocenters. The molecule has 0 saturated carbocycles. The maximum Gasteiger partial charge on any atom is 0.410 e. The molecule has 2 rings (SSSR count). The molecule has 1 aliphatic heterocycles. The Labute approximate surface area is 135 Å². The fourth-order valence-electron chi connectivity index (χ4n) is 2.28. The Balaban J connectivity index is 2.03. The molecule has 0 radical (unpaired) electrons. The molecule has 0 N–H and O–H groups in total. The Morgan fingerprint density at radius 2 is 2.14 bits per heavy atom. The second kappa shape index (κ2) is 6.79. The molecule has 1 aliphatic rings. The highest BCUT2D eigenvalue weighted by molar-refractivity contribution is 7.14. The van der Waals surface area contributed by atoms with E-state index >= 15 is 0 Å². The topological polar surface area (TPSA) is 55.8 Å². The van der Waals surface area contributed by atoms with Crippen molar-refractivity contribution in [1.82, 2.24) is 4.90 Å². The number of ether oxygens (including phenoxy) is 2. The van der Waals surface area contributed by atoms with Gasteiger partial charge in [0.05, 0.1) is 24.1 Å². The van der Waals surface area contributed by atoms with Gasteiger partial charge in [0.15, 0.2) is 5.78 Å². The van der Waals surface area contributed by atoms with Crippen LogP contribution in [0.1, 0.15) is 41.7 Å². The van der Waals surface area contributed by atoms with Crippen molar-refractivity contribution in [3.63, 3.8) is 0 Å². The number of carbonyl (C=O) groups is 2. The molecule has 0 aliphatic carbocycles. The van der Waals surface area contributed by atoms with Crippen LogP contribution in [0.4, 0.5) is 4.79 Å². The zero-order valence-electron chi connectivity index (χ0n) is 13.5. The minimum atomic E-state index is -0.547. The summed E-state index contributed by atoms with van der Waals surface area (Å²) in [6.07, 6.45) is -0.116. The van der Waals surface area contributed by atoms with Crippen molar-refractivity contribution in [3.05, 3.63) is 21.9 Å². The summed E-state index contributed by atoms with van der Waals surface area (Å²) >= 11 is 1.48. The fourth-order valence-corrected chi connectivity index (χ4v) is 3.10. The first-order valence-corrected chi connectivity index (χ1v) is 8.25. The van der Waals surface area contributed by atoms with E-state index in [9.17, 15) is 9.59 Å². The zero-order chi connectivity index (χ0) is 16.3. The SMILES string of the molecule is Cc1ccc(C(=O)CC2COCCN2C(=O)OC(C)(C)C)s1. The Morgan fingerprint density at radius 3 is 2.73 bits per heavy atom. The highest BCUT2D eigenvalue weighted by Gasteiger charge is 2.32. The van der Waals surface area contributed by atoms with Crippen LogP contribution in [0.2, 0.25) is 0 Å². The van der Waals surface area contributed by atoms with Gasteiger partial charge in [-0.25, -0.2) is 4.79 Å². The molecular formula is C16H23NO4S. The summed E-state index contributed by atoms with van der Waals surface area (Å²) in [5, 5.41) is 0. The van der Waals surface area contributed by atoms with Gasteiger partial charge >= 0.3 is 6.09 Å². The Kier molecular flexibility index (Phi) is 5.24. The lowest BCUT2D eigenvalue weighted by atomic mass is 10.1. The third-order valence-corrected chi connectivity index (χ3v) is 4.33. The average molecular weight is 325 g/mol. The summed E-state index contributed by atoms with van der Waals surface area (Å²) in [6.45, 7) is 8.77. The number of amides is 1. The van der Waals surface area contributed by atoms with Crippen molar-refractivity contribution >= 4 is 23.2 Å². The molecule has 1 amide bonds. The van der Waals surface area contributed by atoms with E-state index in [4.69, 9.17) is 9.47 Å². The second-order valence-corrected chi connectivity index (χ2v) is 7.73. The van der Waals surface area contributed by atoms with E-state index in [0.717, 1.165) is 9.75 Å². The Morgan fingerprint density at radius 1 is 1.41 bits per heavy atom. The van der Waals surface area contributed by atoms with Crippen molar-refractivity contribution in [3.8, 4) is 0 Å². The third kappa shape index (κ3) is 4.55. The number of aryl methyl sites for hydroxylation is 1. The number of thiophene rings is 1. The summed E-state index contributed by atoms with van der Waals surface area (Å²) < 4.78 is 10.9. The number of nitrogens with zero attached hydrogens (tertiary/aromatic N) is 1. The van der Waals surface area contributed by atoms with Gasteiger partial charge < -0.3 is 14.4 Å². The first-order chi connectivity index (χ1) is 10.3. The Hall–Kier alpha value is -1.40. The lowest BCUT2D eigenvalue weighted by Gasteiger charge is -2.36. The van der Waals surface area contributed by atoms with Gasteiger partial charge in [-0.3, -0.25) is 4.79 Å². The zero-order valence-corrected chi connectivity index (χ0v) is 14.4. The Bertz CT molecular complexity index is 547. The predicted molar refractivity (Wildman–Crippen MR) is 85.6 cm³/mol. The van der Waals surface area contributed by atoms with E-state index in [0.29, 0.717) is 19.8 Å². The van der Waals surface area contributed by atoms with Crippen LogP contribution in [-0.2, 0) is 9.47 Å². The summed E-state index contributed by atoms with van der Waals surface area (Å²) in [5.74, 6) is 0.0437. The van der Waals surface area contributed by atoms with Gasteiger partial charge in [-0.15, -0.1) is 11.3 Å². The van der Waals surface area contributed by atoms with Gasteiger partial charge in [-0.05, 0) is 39.8 Å². The van der Waals surface area contributed by atoms with E-state index in [1.165, 1.54) is 11.3 Å². The van der Waals surface area contributed by atoms with Crippen LogP contribution in [0.25, 0.3) is 0 Å². The van der Waals surface area contributed by atoms with E-state index in [2.05, 4.69) is 0 Å². The molecule has 1 saturated heterocycles. The van der Waals surface area contributed by atoms with Crippen LogP contribution in [0.3, 0.4) is 0 Å². The first kappa shape index (κ1) is 17.0. The predicted octanol–water partition coefficient (Wildman–Crippen LogP) is 3.27. The normalized spacial score (nSPS) is 19.1. The van der Waals surface area contributed by atoms with E-state index in [1.54, 1.807) is 4.90 Å². The summed E-state index contributed by atoms with van der Waals surface area (Å²) in [7, 11) is 0. The van der Waals surface area contributed by atoms with Crippen LogP contribution in [0, 0.1) is 6.92 Å². The quantitative estimate of drug-likeness (QED) is 0.800. The van der Waals surface area contributed by atoms with Crippen LogP contribution in [0.5, 0.6) is 0 Å². The maximum atomic E-state index is 12.4. The lowest BCUT2D eigenvalue weighted by molar-refractivity contribution is -0.0322. The minimum absolute atomic E-state index is 0.0437. The molecule has 1 atom stereocenters. The van der Waals surface area contributed by atoms with Gasteiger partial charge in [-0.1, -0.05) is 0 Å². The largest absolute Gasteiger partial charge is 0.444 e. The van der Waals surface area contributed by atoms with Crippen LogP contribution in [0.15, 0.2) is 12.1 Å². The molecule has 0 spiro atoms. The number of ketones is 1. The lowest BCUT2D eigenvalue weighted by Crippen LogP contribution is -2.51. The van der Waals surface area contributed by atoms with Crippen LogP contribution >= 0.6 is 11.3 Å². The molecule has 6 heteroatoms. The average Bonchev–Trinajstić information content (AvgIpc) is 2.84. The fraction of sp³-hybridized carbons (Fsp3) is 0.625. The molecule has 1 aromatic rings. The molecule has 0 aromatic carbocycles. The molecule has 1 aromatic heterocycles. The first-order valence-electron chi connectivity index (χ1n) is 7.43. The number of carbonyl (C=O) groups excluding carboxylic acids is 2. The number of hydrogen-bond donors (Lipinski definition) is 0. The van der Waals surface area contributed by atoms with Gasteiger partial charge in [0.1, 0.15) is 5.60 Å². The van der Waals surface area contributed by atoms with Crippen molar-refractivity contribution in [2.75, 3.05) is 19.8 Å². The molecule has 22 heavy (non-hydrogen) atoms. The molecule has 0 bridgehead atoms. The van der Waals surface area contributed by atoms with E-state index < -0.39 is 5.60 Å². The number of hydrogen-bond acceptors (Lipinski definition) is 5. The van der Waals surface area contributed by atoms with Gasteiger partial charge in [-0.2, -0.15) is 0 Å². The number of Topliss-reactive ketones (excluding diaryl/α,β-unsaturated/α-hetero) is 1. The minimum Gasteiger partial charge on any atom is -0.444 e. The molecule has 1 fully saturated rings.